The Kier molecular flexibility index (Phi) is 18.0. The van der Waals surface area contributed by atoms with Gasteiger partial charge >= 0.3 is 11.4 Å². The average Bonchev–Trinajstić information content (AvgIpc) is 1.47. The molecule has 11 heterocycles. The van der Waals surface area contributed by atoms with Gasteiger partial charge in [0.15, 0.2) is 34.9 Å². The van der Waals surface area contributed by atoms with Crippen LogP contribution in [0.2, 0.25) is 5.28 Å². The monoisotopic (exact) mass is 1290 g/mol. The minimum absolute atomic E-state index is 0.0135. The van der Waals surface area contributed by atoms with Crippen molar-refractivity contribution in [3.63, 3.8) is 0 Å². The lowest BCUT2D eigenvalue weighted by atomic mass is 9.77. The molecular weight excluding hydrogens is 1210 g/mol. The molecule has 0 spiro atoms. The number of aryl methyl sites for hydroxylation is 1. The Morgan fingerprint density at radius 1 is 0.543 bits per heavy atom. The minimum Gasteiger partial charge on any atom is -0.364 e. The van der Waals surface area contributed by atoms with Crippen LogP contribution in [0.4, 0.5) is 58.3 Å². The maximum absolute atomic E-state index is 14.9. The standard InChI is InChI=1S/C26H34FN9O.C22H27F2N9O.C15H22ClFN4/c1-15-20(13-26(2,3)35-11-5-6-21(15)35)30-23-19(27)14-28-24(31-23)29-17-9-10-18(16-7-8-16)22(12-17)36-25(37)34(4)32-33-36;1-12-16(10-22(2,3)32-8-4-5-17(12)32)27-19-15(24)11-25-20(28-19)26-13-6-7-14(23)18(9-13)33-21(34)29-30-31-33;1-9-11(19-13-10(17)8-18-14(16)20-13)7-15(2,3)21-6-4-5-12(9)21/h9-10,12,14-16,20-21H,5-8,11,13H2,1-4H3,(H2,28,29,30,31);6-7,9,11-12,16-17H,4-5,8,10H2,1-3H3,(H,29,31,34)(H2,25,26,27,28);8-9,11-12H,4-7H2,1-3H3,(H,18,19,20). The van der Waals surface area contributed by atoms with E-state index in [1.807, 2.05) is 18.2 Å². The molecule has 7 fully saturated rings. The van der Waals surface area contributed by atoms with E-state index in [4.69, 9.17) is 11.6 Å². The van der Waals surface area contributed by atoms with Crippen molar-refractivity contribution >= 4 is 52.3 Å². The van der Waals surface area contributed by atoms with Gasteiger partial charge in [0.25, 0.3) is 0 Å². The predicted octanol–water partition coefficient (Wildman–Crippen LogP) is 9.74. The molecule has 1 saturated carbocycles. The minimum atomic E-state index is -0.675. The van der Waals surface area contributed by atoms with Crippen molar-refractivity contribution in [3.8, 4) is 11.4 Å². The molecule has 14 rings (SSSR count). The molecule has 6 aliphatic heterocycles. The molecular formula is C63H83ClF4N22O2. The Bertz CT molecular complexity index is 3930. The van der Waals surface area contributed by atoms with Gasteiger partial charge in [-0.05, 0) is 224 Å². The van der Waals surface area contributed by atoms with Gasteiger partial charge in [0, 0.05) is 71.3 Å². The summed E-state index contributed by atoms with van der Waals surface area (Å²) in [6, 6.07) is 11.7. The van der Waals surface area contributed by atoms with Crippen molar-refractivity contribution in [1.82, 2.24) is 84.6 Å². The fourth-order valence-corrected chi connectivity index (χ4v) is 15.7. The van der Waals surface area contributed by atoms with Gasteiger partial charge in [-0.2, -0.15) is 29.0 Å². The van der Waals surface area contributed by atoms with Crippen molar-refractivity contribution < 1.29 is 17.6 Å². The van der Waals surface area contributed by atoms with Gasteiger partial charge in [-0.25, -0.2) is 47.2 Å². The number of nitrogens with zero attached hydrogens (tertiary/aromatic N) is 16. The fourth-order valence-electron chi connectivity index (χ4n) is 15.6. The van der Waals surface area contributed by atoms with Crippen molar-refractivity contribution in [2.75, 3.05) is 46.2 Å². The molecule has 0 amide bonds. The molecule has 2 aromatic carbocycles. The van der Waals surface area contributed by atoms with Crippen LogP contribution < -0.4 is 38.0 Å². The van der Waals surface area contributed by atoms with Crippen LogP contribution in [0.3, 0.4) is 0 Å². The smallest absolute Gasteiger partial charge is 0.364 e. The fraction of sp³-hybridized carbons (Fsp3) is 0.587. The SMILES string of the molecule is CC1C(Nc2nc(Cl)ncc2F)CC(C)(C)N2CCCC12.CC1C(Nc2nc(Nc3ccc(C4CC4)c(-n4nnn(C)c4=O)c3)ncc2F)CC(C)(C)N2CCCC12.CC1C(Nc2nc(Nc3ccc(F)c(-n4nn[nH]c4=O)c3)ncc2F)CC(C)(C)N2CCCC12. The highest BCUT2D eigenvalue weighted by Gasteiger charge is 2.50. The summed E-state index contributed by atoms with van der Waals surface area (Å²) < 4.78 is 61.0. The van der Waals surface area contributed by atoms with E-state index in [1.54, 1.807) is 7.05 Å². The maximum atomic E-state index is 14.9. The average molecular weight is 1290 g/mol. The molecule has 7 aliphatic rings. The van der Waals surface area contributed by atoms with Gasteiger partial charge in [0.2, 0.25) is 17.2 Å². The summed E-state index contributed by atoms with van der Waals surface area (Å²) in [5.41, 5.74) is 1.94. The van der Waals surface area contributed by atoms with Crippen LogP contribution in [0.1, 0.15) is 144 Å². The van der Waals surface area contributed by atoms with Gasteiger partial charge in [-0.3, -0.25) is 14.7 Å². The van der Waals surface area contributed by atoms with Crippen molar-refractivity contribution in [2.45, 2.75) is 192 Å². The number of aromatic amines is 1. The number of anilines is 7. The summed E-state index contributed by atoms with van der Waals surface area (Å²) in [5, 5.41) is 33.2. The Balaban J connectivity index is 0.000000138. The van der Waals surface area contributed by atoms with E-state index in [0.29, 0.717) is 58.9 Å². The number of tetrazole rings is 2. The first kappa shape index (κ1) is 64.4. The molecule has 0 bridgehead atoms. The summed E-state index contributed by atoms with van der Waals surface area (Å²) in [7, 11) is 1.57. The highest BCUT2D eigenvalue weighted by atomic mass is 35.5. The van der Waals surface area contributed by atoms with Crippen LogP contribution in [-0.2, 0) is 7.05 Å². The number of benzene rings is 2. The van der Waals surface area contributed by atoms with Crippen LogP contribution in [-0.4, -0.2) is 157 Å². The van der Waals surface area contributed by atoms with Crippen LogP contribution >= 0.6 is 11.6 Å². The second kappa shape index (κ2) is 25.7. The molecule has 492 valence electrons. The van der Waals surface area contributed by atoms with Gasteiger partial charge in [-0.1, -0.05) is 26.8 Å². The molecule has 5 aromatic heterocycles. The topological polar surface area (TPSA) is 263 Å². The molecule has 9 atom stereocenters. The number of fused-ring (bicyclic) bond motifs is 3. The lowest BCUT2D eigenvalue weighted by Gasteiger charge is -2.51. The molecule has 92 heavy (non-hydrogen) atoms. The van der Waals surface area contributed by atoms with Crippen LogP contribution in [0.25, 0.3) is 11.4 Å². The zero-order valence-electron chi connectivity index (χ0n) is 53.7. The normalized spacial score (nSPS) is 26.3. The summed E-state index contributed by atoms with van der Waals surface area (Å²) in [4.78, 5) is 56.8. The number of H-pyrrole nitrogens is 1. The quantitative estimate of drug-likeness (QED) is 0.0463. The number of aromatic nitrogens is 14. The number of hydrogen-bond donors (Lipinski definition) is 6. The van der Waals surface area contributed by atoms with Gasteiger partial charge in [0.1, 0.15) is 11.5 Å². The number of halogens is 5. The zero-order chi connectivity index (χ0) is 65.1. The third kappa shape index (κ3) is 13.3. The van der Waals surface area contributed by atoms with E-state index in [1.165, 1.54) is 72.4 Å². The summed E-state index contributed by atoms with van der Waals surface area (Å²) in [6.45, 7) is 23.7. The Morgan fingerprint density at radius 3 is 1.42 bits per heavy atom. The first-order valence-electron chi connectivity index (χ1n) is 32.1. The van der Waals surface area contributed by atoms with E-state index in [2.05, 4.69) is 159 Å². The van der Waals surface area contributed by atoms with E-state index in [0.717, 1.165) is 74.3 Å². The summed E-state index contributed by atoms with van der Waals surface area (Å²) in [5.74, 6) is 0.422. The second-order valence-electron chi connectivity index (χ2n) is 27.9. The first-order valence-corrected chi connectivity index (χ1v) is 32.5. The highest BCUT2D eigenvalue weighted by Crippen LogP contribution is 2.46. The first-order chi connectivity index (χ1) is 43.8. The molecule has 6 N–H and O–H groups in total. The number of hydrogen-bond acceptors (Lipinski definition) is 20. The molecule has 1 aliphatic carbocycles. The van der Waals surface area contributed by atoms with Crippen molar-refractivity contribution in [3.05, 3.63) is 110 Å². The largest absolute Gasteiger partial charge is 0.368 e. The lowest BCUT2D eigenvalue weighted by molar-refractivity contribution is 0.0163. The molecule has 0 radical (unpaired) electrons. The zero-order valence-corrected chi connectivity index (χ0v) is 54.5. The summed E-state index contributed by atoms with van der Waals surface area (Å²) >= 11 is 5.78. The molecule has 6 saturated heterocycles. The Morgan fingerprint density at radius 2 is 0.989 bits per heavy atom. The van der Waals surface area contributed by atoms with Crippen LogP contribution in [0.15, 0.2) is 64.6 Å². The van der Waals surface area contributed by atoms with Crippen LogP contribution in [0, 0.1) is 41.0 Å². The molecule has 29 heteroatoms. The van der Waals surface area contributed by atoms with E-state index in [9.17, 15) is 27.2 Å². The lowest BCUT2D eigenvalue weighted by Crippen LogP contribution is -2.59. The number of nitrogens with one attached hydrogen (secondary N) is 6. The van der Waals surface area contributed by atoms with Crippen LogP contribution in [0.5, 0.6) is 0 Å². The Labute approximate surface area is 536 Å². The van der Waals surface area contributed by atoms with E-state index in [-0.39, 0.29) is 80.8 Å². The number of piperidine rings is 3. The number of rotatable bonds is 13. The van der Waals surface area contributed by atoms with E-state index < -0.39 is 29.0 Å². The van der Waals surface area contributed by atoms with Gasteiger partial charge in [0.05, 0.1) is 24.3 Å². The summed E-state index contributed by atoms with van der Waals surface area (Å²) in [6.07, 6.45) is 15.5. The molecule has 7 aromatic rings. The van der Waals surface area contributed by atoms with Gasteiger partial charge < -0.3 is 26.6 Å². The van der Waals surface area contributed by atoms with Crippen molar-refractivity contribution in [2.24, 2.45) is 24.8 Å². The third-order valence-corrected chi connectivity index (χ3v) is 20.6. The predicted molar refractivity (Wildman–Crippen MR) is 343 cm³/mol. The van der Waals surface area contributed by atoms with E-state index >= 15 is 0 Å². The Hall–Kier alpha value is -7.69. The third-order valence-electron chi connectivity index (χ3n) is 20.4. The second-order valence-corrected chi connectivity index (χ2v) is 28.2. The maximum Gasteiger partial charge on any atom is 0.368 e. The molecule has 24 nitrogen and oxygen atoms in total. The van der Waals surface area contributed by atoms with Crippen molar-refractivity contribution in [1.29, 1.82) is 0 Å². The van der Waals surface area contributed by atoms with Gasteiger partial charge in [-0.15, -0.1) is 0 Å². The molecule has 9 unspecified atom stereocenters. The highest BCUT2D eigenvalue weighted by molar-refractivity contribution is 6.28.